The second kappa shape index (κ2) is 13.7. The van der Waals surface area contributed by atoms with E-state index >= 15 is 0 Å². The molecule has 5 nitrogen and oxygen atoms in total. The van der Waals surface area contributed by atoms with Crippen LogP contribution in [0.5, 0.6) is 0 Å². The maximum atomic E-state index is 11.2. The third-order valence-corrected chi connectivity index (χ3v) is 2.88. The first kappa shape index (κ1) is 22.3. The Kier molecular flexibility index (Phi) is 13.3. The average Bonchev–Trinajstić information content (AvgIpc) is 2.55. The number of carbonyl (C=O) groups excluding carboxylic acids is 2. The summed E-state index contributed by atoms with van der Waals surface area (Å²) in [4.78, 5) is 21.1. The van der Waals surface area contributed by atoms with E-state index in [1.54, 1.807) is 0 Å². The standard InChI is InChI=1S/C12H16O2.C5H8NO2.Na/c1-10(2)8-12(13)14-9-11-6-4-3-5-7-11;7-3-5-4-8-2-1-6-5;/h3-7,10H,8-9H2,1-2H3;5-6H,1-2,4H2;/q;-1;+1. The van der Waals surface area contributed by atoms with Crippen molar-refractivity contribution in [3.05, 3.63) is 35.9 Å². The molecule has 122 valence electrons. The van der Waals surface area contributed by atoms with Crippen LogP contribution < -0.4 is 34.9 Å². The topological polar surface area (TPSA) is 64.6 Å². The predicted molar refractivity (Wildman–Crippen MR) is 84.0 cm³/mol. The van der Waals surface area contributed by atoms with E-state index in [1.807, 2.05) is 50.5 Å². The smallest absolute Gasteiger partial charge is 0.540 e. The molecule has 0 bridgehead atoms. The SMILES string of the molecule is CC(C)CC(=O)OCc1ccccc1.O=[C-]C1COCCN1.[Na+]. The zero-order valence-corrected chi connectivity index (χ0v) is 16.2. The van der Waals surface area contributed by atoms with Gasteiger partial charge in [0.2, 0.25) is 0 Å². The Balaban J connectivity index is 0.000000460. The van der Waals surface area contributed by atoms with E-state index < -0.39 is 0 Å². The number of benzene rings is 1. The fourth-order valence-corrected chi connectivity index (χ4v) is 1.77. The summed E-state index contributed by atoms with van der Waals surface area (Å²) in [5, 5.41) is 2.92. The minimum Gasteiger partial charge on any atom is -0.540 e. The first-order chi connectivity index (χ1) is 10.6. The van der Waals surface area contributed by atoms with E-state index in [1.165, 1.54) is 0 Å². The molecule has 1 unspecified atom stereocenters. The molecule has 1 aliphatic rings. The van der Waals surface area contributed by atoms with Crippen LogP contribution in [-0.2, 0) is 25.7 Å². The van der Waals surface area contributed by atoms with E-state index in [0.29, 0.717) is 32.2 Å². The van der Waals surface area contributed by atoms with Gasteiger partial charge in [0.05, 0.1) is 6.61 Å². The van der Waals surface area contributed by atoms with Gasteiger partial charge < -0.3 is 19.6 Å². The molecule has 0 saturated carbocycles. The van der Waals surface area contributed by atoms with Gasteiger partial charge in [-0.25, -0.2) is 6.29 Å². The zero-order valence-electron chi connectivity index (χ0n) is 14.2. The first-order valence-electron chi connectivity index (χ1n) is 7.50. The van der Waals surface area contributed by atoms with Crippen LogP contribution in [0.15, 0.2) is 30.3 Å². The van der Waals surface area contributed by atoms with Crippen molar-refractivity contribution >= 4 is 12.3 Å². The molecule has 0 spiro atoms. The predicted octanol–water partition coefficient (Wildman–Crippen LogP) is -1.14. The molecule has 1 aromatic carbocycles. The number of esters is 1. The second-order valence-corrected chi connectivity index (χ2v) is 5.44. The summed E-state index contributed by atoms with van der Waals surface area (Å²) in [7, 11) is 0. The van der Waals surface area contributed by atoms with Crippen LogP contribution in [0, 0.1) is 5.92 Å². The Hall–Kier alpha value is -0.720. The maximum Gasteiger partial charge on any atom is 1.00 e. The van der Waals surface area contributed by atoms with Crippen molar-refractivity contribution in [1.82, 2.24) is 5.32 Å². The molecule has 1 aromatic rings. The van der Waals surface area contributed by atoms with Gasteiger partial charge in [-0.2, -0.15) is 0 Å². The van der Waals surface area contributed by atoms with Gasteiger partial charge in [-0.3, -0.25) is 4.79 Å². The molecule has 6 heteroatoms. The van der Waals surface area contributed by atoms with Gasteiger partial charge in [0.25, 0.3) is 0 Å². The Labute approximate surface area is 160 Å². The van der Waals surface area contributed by atoms with Crippen LogP contribution in [0.3, 0.4) is 0 Å². The van der Waals surface area contributed by atoms with E-state index in [2.05, 4.69) is 5.32 Å². The van der Waals surface area contributed by atoms with Crippen molar-refractivity contribution in [1.29, 1.82) is 0 Å². The number of ether oxygens (including phenoxy) is 2. The molecule has 0 amide bonds. The number of morpholine rings is 1. The van der Waals surface area contributed by atoms with Crippen LogP contribution in [-0.4, -0.2) is 38.1 Å². The molecular formula is C17H24NNaO4. The minimum absolute atomic E-state index is 0. The zero-order chi connectivity index (χ0) is 16.2. The molecular weight excluding hydrogens is 305 g/mol. The normalized spacial score (nSPS) is 16.6. The Bertz CT molecular complexity index is 433. The second-order valence-electron chi connectivity index (χ2n) is 5.44. The Morgan fingerprint density at radius 3 is 2.57 bits per heavy atom. The van der Waals surface area contributed by atoms with E-state index in [-0.39, 0.29) is 41.6 Å². The Morgan fingerprint density at radius 2 is 2.09 bits per heavy atom. The first-order valence-corrected chi connectivity index (χ1v) is 7.50. The number of nitrogens with one attached hydrogen (secondary N) is 1. The van der Waals surface area contributed by atoms with E-state index in [9.17, 15) is 9.59 Å². The molecule has 1 N–H and O–H groups in total. The summed E-state index contributed by atoms with van der Waals surface area (Å²) in [6.45, 7) is 6.33. The van der Waals surface area contributed by atoms with Crippen LogP contribution in [0.25, 0.3) is 0 Å². The molecule has 2 rings (SSSR count). The quantitative estimate of drug-likeness (QED) is 0.420. The summed E-state index contributed by atoms with van der Waals surface area (Å²) >= 11 is 0. The molecule has 0 radical (unpaired) electrons. The molecule has 0 aliphatic carbocycles. The monoisotopic (exact) mass is 329 g/mol. The van der Waals surface area contributed by atoms with Crippen molar-refractivity contribution in [3.63, 3.8) is 0 Å². The van der Waals surface area contributed by atoms with Crippen LogP contribution >= 0.6 is 0 Å². The largest absolute Gasteiger partial charge is 1.00 e. The summed E-state index contributed by atoms with van der Waals surface area (Å²) in [5.74, 6) is 0.238. The molecule has 1 saturated heterocycles. The third-order valence-electron chi connectivity index (χ3n) is 2.88. The van der Waals surface area contributed by atoms with Crippen LogP contribution in [0.1, 0.15) is 25.8 Å². The molecule has 1 heterocycles. The van der Waals surface area contributed by atoms with Crippen molar-refractivity contribution in [2.75, 3.05) is 19.8 Å². The average molecular weight is 329 g/mol. The number of hydrogen-bond acceptors (Lipinski definition) is 5. The van der Waals surface area contributed by atoms with E-state index in [0.717, 1.165) is 12.1 Å². The fourth-order valence-electron chi connectivity index (χ4n) is 1.77. The molecule has 1 aliphatic heterocycles. The molecule has 0 aromatic heterocycles. The van der Waals surface area contributed by atoms with E-state index in [4.69, 9.17) is 9.47 Å². The summed E-state index contributed by atoms with van der Waals surface area (Å²) in [6, 6.07) is 9.52. The molecule has 1 atom stereocenters. The summed E-state index contributed by atoms with van der Waals surface area (Å²) in [5.41, 5.74) is 1.03. The minimum atomic E-state index is -0.191. The van der Waals surface area contributed by atoms with Gasteiger partial charge in [-0.1, -0.05) is 50.2 Å². The molecule has 23 heavy (non-hydrogen) atoms. The maximum absolute atomic E-state index is 11.2. The summed E-state index contributed by atoms with van der Waals surface area (Å²) in [6.07, 6.45) is 2.31. The van der Waals surface area contributed by atoms with Crippen molar-refractivity contribution in [2.45, 2.75) is 32.9 Å². The van der Waals surface area contributed by atoms with Crippen molar-refractivity contribution < 1.29 is 48.6 Å². The van der Waals surface area contributed by atoms with Gasteiger partial charge in [0.1, 0.15) is 6.61 Å². The third kappa shape index (κ3) is 11.5. The van der Waals surface area contributed by atoms with Gasteiger partial charge in [0, 0.05) is 19.6 Å². The number of rotatable bonds is 5. The number of carbonyl (C=O) groups is 1. The van der Waals surface area contributed by atoms with Crippen molar-refractivity contribution in [2.24, 2.45) is 5.92 Å². The Morgan fingerprint density at radius 1 is 1.39 bits per heavy atom. The van der Waals surface area contributed by atoms with Crippen LogP contribution in [0.4, 0.5) is 0 Å². The molecule has 1 fully saturated rings. The number of hydrogen-bond donors (Lipinski definition) is 1. The van der Waals surface area contributed by atoms with Gasteiger partial charge in [0.15, 0.2) is 0 Å². The fraction of sp³-hybridized carbons (Fsp3) is 0.529. The van der Waals surface area contributed by atoms with Gasteiger partial charge in [-0.05, 0) is 11.5 Å². The van der Waals surface area contributed by atoms with Crippen LogP contribution in [0.2, 0.25) is 0 Å². The van der Waals surface area contributed by atoms with Gasteiger partial charge in [-0.15, -0.1) is 0 Å². The summed E-state index contributed by atoms with van der Waals surface area (Å²) < 4.78 is 10.0. The van der Waals surface area contributed by atoms with Crippen molar-refractivity contribution in [3.8, 4) is 0 Å². The van der Waals surface area contributed by atoms with Gasteiger partial charge >= 0.3 is 35.5 Å².